The Labute approximate surface area is 116 Å². The van der Waals surface area contributed by atoms with E-state index in [1.165, 1.54) is 0 Å². The van der Waals surface area contributed by atoms with E-state index in [0.29, 0.717) is 19.6 Å². The van der Waals surface area contributed by atoms with Crippen molar-refractivity contribution in [3.8, 4) is 0 Å². The zero-order chi connectivity index (χ0) is 15.0. The second kappa shape index (κ2) is 8.58. The van der Waals surface area contributed by atoms with Crippen molar-refractivity contribution in [1.29, 1.82) is 0 Å². The molecule has 1 aromatic carbocycles. The SMILES string of the molecule is CCCCOCCCNC(=O)c1ccc(F)c(F)c1F. The van der Waals surface area contributed by atoms with Crippen molar-refractivity contribution in [3.05, 3.63) is 35.1 Å². The molecular weight excluding hydrogens is 271 g/mol. The fraction of sp³-hybridized carbons (Fsp3) is 0.500. The number of amides is 1. The quantitative estimate of drug-likeness (QED) is 0.590. The average Bonchev–Trinajstić information content (AvgIpc) is 2.43. The normalized spacial score (nSPS) is 10.6. The first-order valence-electron chi connectivity index (χ1n) is 6.57. The molecule has 0 radical (unpaired) electrons. The molecule has 3 nitrogen and oxygen atoms in total. The highest BCUT2D eigenvalue weighted by Gasteiger charge is 2.18. The van der Waals surface area contributed by atoms with E-state index in [2.05, 4.69) is 12.2 Å². The molecule has 0 spiro atoms. The summed E-state index contributed by atoms with van der Waals surface area (Å²) in [7, 11) is 0. The van der Waals surface area contributed by atoms with Crippen molar-refractivity contribution >= 4 is 5.91 Å². The van der Waals surface area contributed by atoms with Gasteiger partial charge in [0.25, 0.3) is 5.91 Å². The van der Waals surface area contributed by atoms with Crippen LogP contribution in [0, 0.1) is 17.5 Å². The summed E-state index contributed by atoms with van der Waals surface area (Å²) in [6, 6.07) is 1.64. The second-order valence-corrected chi connectivity index (χ2v) is 4.30. The molecule has 0 fully saturated rings. The minimum Gasteiger partial charge on any atom is -0.381 e. The largest absolute Gasteiger partial charge is 0.381 e. The van der Waals surface area contributed by atoms with E-state index in [0.717, 1.165) is 25.0 Å². The molecule has 0 saturated heterocycles. The number of nitrogens with one attached hydrogen (secondary N) is 1. The van der Waals surface area contributed by atoms with Crippen molar-refractivity contribution in [3.63, 3.8) is 0 Å². The van der Waals surface area contributed by atoms with Crippen LogP contribution < -0.4 is 5.32 Å². The Hall–Kier alpha value is -1.56. The summed E-state index contributed by atoms with van der Waals surface area (Å²) < 4.78 is 44.3. The van der Waals surface area contributed by atoms with Gasteiger partial charge in [0.05, 0.1) is 5.56 Å². The Morgan fingerprint density at radius 2 is 1.85 bits per heavy atom. The molecule has 0 saturated carbocycles. The first-order valence-corrected chi connectivity index (χ1v) is 6.57. The van der Waals surface area contributed by atoms with Crippen molar-refractivity contribution in [1.82, 2.24) is 5.32 Å². The molecule has 0 aliphatic rings. The van der Waals surface area contributed by atoms with Crippen LogP contribution in [0.5, 0.6) is 0 Å². The predicted molar refractivity (Wildman–Crippen MR) is 69.0 cm³/mol. The van der Waals surface area contributed by atoms with Gasteiger partial charge in [0.15, 0.2) is 17.5 Å². The van der Waals surface area contributed by atoms with Crippen LogP contribution in [0.2, 0.25) is 0 Å². The van der Waals surface area contributed by atoms with E-state index >= 15 is 0 Å². The monoisotopic (exact) mass is 289 g/mol. The third-order valence-electron chi connectivity index (χ3n) is 2.67. The van der Waals surface area contributed by atoms with Crippen LogP contribution in [-0.2, 0) is 4.74 Å². The minimum absolute atomic E-state index is 0.281. The lowest BCUT2D eigenvalue weighted by Crippen LogP contribution is -2.26. The molecule has 1 rings (SSSR count). The smallest absolute Gasteiger partial charge is 0.254 e. The zero-order valence-corrected chi connectivity index (χ0v) is 11.3. The number of benzene rings is 1. The number of ether oxygens (including phenoxy) is 1. The molecular formula is C14H18F3NO2. The van der Waals surface area contributed by atoms with Gasteiger partial charge in [0.2, 0.25) is 0 Å². The third kappa shape index (κ3) is 4.85. The number of carbonyl (C=O) groups is 1. The topological polar surface area (TPSA) is 38.3 Å². The summed E-state index contributed by atoms with van der Waals surface area (Å²) in [6.07, 6.45) is 2.60. The van der Waals surface area contributed by atoms with Gasteiger partial charge in [0, 0.05) is 19.8 Å². The number of rotatable bonds is 8. The van der Waals surface area contributed by atoms with Crippen molar-refractivity contribution in [2.24, 2.45) is 0 Å². The van der Waals surface area contributed by atoms with Crippen molar-refractivity contribution in [2.75, 3.05) is 19.8 Å². The highest BCUT2D eigenvalue weighted by atomic mass is 19.2. The van der Waals surface area contributed by atoms with Crippen LogP contribution in [0.4, 0.5) is 13.2 Å². The molecule has 1 aromatic rings. The fourth-order valence-electron chi connectivity index (χ4n) is 1.52. The number of halogens is 3. The molecule has 6 heteroatoms. The first kappa shape index (κ1) is 16.5. The maximum Gasteiger partial charge on any atom is 0.254 e. The van der Waals surface area contributed by atoms with Crippen LogP contribution in [0.1, 0.15) is 36.5 Å². The lowest BCUT2D eigenvalue weighted by atomic mass is 10.2. The van der Waals surface area contributed by atoms with E-state index < -0.39 is 28.9 Å². The van der Waals surface area contributed by atoms with Crippen LogP contribution in [0.3, 0.4) is 0 Å². The lowest BCUT2D eigenvalue weighted by Gasteiger charge is -2.07. The van der Waals surface area contributed by atoms with E-state index in [9.17, 15) is 18.0 Å². The molecule has 1 amide bonds. The summed E-state index contributed by atoms with van der Waals surface area (Å²) >= 11 is 0. The van der Waals surface area contributed by atoms with Gasteiger partial charge in [-0.1, -0.05) is 13.3 Å². The molecule has 0 aromatic heterocycles. The van der Waals surface area contributed by atoms with Gasteiger partial charge in [-0.3, -0.25) is 4.79 Å². The predicted octanol–water partition coefficient (Wildman–Crippen LogP) is 3.04. The van der Waals surface area contributed by atoms with Crippen molar-refractivity contribution < 1.29 is 22.7 Å². The number of hydrogen-bond acceptors (Lipinski definition) is 2. The summed E-state index contributed by atoms with van der Waals surface area (Å²) in [5, 5.41) is 2.43. The molecule has 0 aliphatic heterocycles. The van der Waals surface area contributed by atoms with Gasteiger partial charge in [-0.05, 0) is 25.0 Å². The first-order chi connectivity index (χ1) is 9.57. The molecule has 0 bridgehead atoms. The Bertz CT molecular complexity index is 452. The van der Waals surface area contributed by atoms with Gasteiger partial charge in [-0.2, -0.15) is 0 Å². The summed E-state index contributed by atoms with van der Waals surface area (Å²) in [5.74, 6) is -5.19. The second-order valence-electron chi connectivity index (χ2n) is 4.30. The summed E-state index contributed by atoms with van der Waals surface area (Å²) in [5.41, 5.74) is -0.504. The Kier molecular flexibility index (Phi) is 7.08. The highest BCUT2D eigenvalue weighted by Crippen LogP contribution is 2.14. The van der Waals surface area contributed by atoms with Gasteiger partial charge in [0.1, 0.15) is 0 Å². The Morgan fingerprint density at radius 3 is 2.55 bits per heavy atom. The number of hydrogen-bond donors (Lipinski definition) is 1. The average molecular weight is 289 g/mol. The fourth-order valence-corrected chi connectivity index (χ4v) is 1.52. The van der Waals surface area contributed by atoms with Crippen molar-refractivity contribution in [2.45, 2.75) is 26.2 Å². The van der Waals surface area contributed by atoms with Gasteiger partial charge >= 0.3 is 0 Å². The summed E-state index contributed by atoms with van der Waals surface area (Å²) in [4.78, 5) is 11.6. The van der Waals surface area contributed by atoms with Crippen LogP contribution >= 0.6 is 0 Å². The molecule has 0 aliphatic carbocycles. The van der Waals surface area contributed by atoms with E-state index in [1.807, 2.05) is 0 Å². The standard InChI is InChI=1S/C14H18F3NO2/c1-2-3-8-20-9-4-7-18-14(19)10-5-6-11(15)13(17)12(10)16/h5-6H,2-4,7-9H2,1H3,(H,18,19). The maximum atomic E-state index is 13.3. The zero-order valence-electron chi connectivity index (χ0n) is 11.3. The number of unbranched alkanes of at least 4 members (excludes halogenated alkanes) is 1. The molecule has 0 heterocycles. The molecule has 0 atom stereocenters. The molecule has 0 unspecified atom stereocenters. The third-order valence-corrected chi connectivity index (χ3v) is 2.67. The van der Waals surface area contributed by atoms with Crippen LogP contribution in [-0.4, -0.2) is 25.7 Å². The van der Waals surface area contributed by atoms with Crippen LogP contribution in [0.25, 0.3) is 0 Å². The molecule has 112 valence electrons. The molecule has 1 N–H and O–H groups in total. The Morgan fingerprint density at radius 1 is 1.15 bits per heavy atom. The lowest BCUT2D eigenvalue weighted by molar-refractivity contribution is 0.0935. The maximum absolute atomic E-state index is 13.3. The molecule has 20 heavy (non-hydrogen) atoms. The van der Waals surface area contributed by atoms with Crippen LogP contribution in [0.15, 0.2) is 12.1 Å². The van der Waals surface area contributed by atoms with E-state index in [-0.39, 0.29) is 6.54 Å². The van der Waals surface area contributed by atoms with E-state index in [1.54, 1.807) is 0 Å². The van der Waals surface area contributed by atoms with Gasteiger partial charge < -0.3 is 10.1 Å². The number of carbonyl (C=O) groups excluding carboxylic acids is 1. The van der Waals surface area contributed by atoms with Gasteiger partial charge in [-0.15, -0.1) is 0 Å². The Balaban J connectivity index is 2.35. The van der Waals surface area contributed by atoms with Gasteiger partial charge in [-0.25, -0.2) is 13.2 Å². The van der Waals surface area contributed by atoms with E-state index in [4.69, 9.17) is 4.74 Å². The minimum atomic E-state index is -1.64. The highest BCUT2D eigenvalue weighted by molar-refractivity contribution is 5.94. The summed E-state index contributed by atoms with van der Waals surface area (Å²) in [6.45, 7) is 3.49.